The van der Waals surface area contributed by atoms with Crippen molar-refractivity contribution in [3.63, 3.8) is 0 Å². The molecule has 0 bridgehead atoms. The standard InChI is InChI=1S/C13H11F3N2O/c1-8-2-3-10(17)5-12(8)9-4-11(7-18-6-9)19-13(14,15)16/h2-7H,17H2,1H3. The number of nitrogens with two attached hydrogens (primary N) is 1. The van der Waals surface area contributed by atoms with Gasteiger partial charge in [-0.25, -0.2) is 0 Å². The minimum atomic E-state index is -4.73. The highest BCUT2D eigenvalue weighted by Gasteiger charge is 2.31. The van der Waals surface area contributed by atoms with Crippen LogP contribution in [0.4, 0.5) is 18.9 Å². The second kappa shape index (κ2) is 4.79. The van der Waals surface area contributed by atoms with Gasteiger partial charge in [-0.3, -0.25) is 4.98 Å². The lowest BCUT2D eigenvalue weighted by atomic mass is 10.0. The number of nitrogen functional groups attached to an aromatic ring is 1. The molecule has 0 saturated heterocycles. The molecule has 0 saturated carbocycles. The first-order valence-corrected chi connectivity index (χ1v) is 5.42. The number of pyridine rings is 1. The predicted octanol–water partition coefficient (Wildman–Crippen LogP) is 3.54. The van der Waals surface area contributed by atoms with Crippen molar-refractivity contribution < 1.29 is 17.9 Å². The number of nitrogens with zero attached hydrogens (tertiary/aromatic N) is 1. The van der Waals surface area contributed by atoms with Gasteiger partial charge in [-0.1, -0.05) is 6.07 Å². The van der Waals surface area contributed by atoms with Crippen LogP contribution < -0.4 is 10.5 Å². The molecular formula is C13H11F3N2O. The van der Waals surface area contributed by atoms with Crippen LogP contribution in [0.3, 0.4) is 0 Å². The highest BCUT2D eigenvalue weighted by Crippen LogP contribution is 2.29. The number of benzene rings is 1. The van der Waals surface area contributed by atoms with Crippen LogP contribution in [0.15, 0.2) is 36.7 Å². The van der Waals surface area contributed by atoms with Crippen LogP contribution in [0, 0.1) is 6.92 Å². The van der Waals surface area contributed by atoms with Gasteiger partial charge in [0.2, 0.25) is 0 Å². The molecule has 3 nitrogen and oxygen atoms in total. The lowest BCUT2D eigenvalue weighted by Crippen LogP contribution is -2.17. The third-order valence-corrected chi connectivity index (χ3v) is 2.52. The molecule has 1 aromatic heterocycles. The van der Waals surface area contributed by atoms with Gasteiger partial charge >= 0.3 is 6.36 Å². The van der Waals surface area contributed by atoms with Gasteiger partial charge in [-0.15, -0.1) is 13.2 Å². The van der Waals surface area contributed by atoms with Gasteiger partial charge in [0.25, 0.3) is 0 Å². The highest BCUT2D eigenvalue weighted by molar-refractivity contribution is 5.71. The molecule has 0 aliphatic carbocycles. The summed E-state index contributed by atoms with van der Waals surface area (Å²) in [4.78, 5) is 3.75. The number of halogens is 3. The molecule has 0 radical (unpaired) electrons. The molecule has 6 heteroatoms. The molecule has 2 rings (SSSR count). The Hall–Kier alpha value is -2.24. The van der Waals surface area contributed by atoms with E-state index in [1.165, 1.54) is 12.3 Å². The number of ether oxygens (including phenoxy) is 1. The third-order valence-electron chi connectivity index (χ3n) is 2.52. The Balaban J connectivity index is 2.40. The Morgan fingerprint density at radius 3 is 2.58 bits per heavy atom. The van der Waals surface area contributed by atoms with Crippen molar-refractivity contribution in [2.24, 2.45) is 0 Å². The van der Waals surface area contributed by atoms with Crippen LogP contribution in [0.1, 0.15) is 5.56 Å². The van der Waals surface area contributed by atoms with Crippen LogP contribution in [-0.2, 0) is 0 Å². The van der Waals surface area contributed by atoms with Crippen LogP contribution in [0.25, 0.3) is 11.1 Å². The molecule has 0 spiro atoms. The molecule has 19 heavy (non-hydrogen) atoms. The molecule has 0 unspecified atom stereocenters. The van der Waals surface area contributed by atoms with E-state index in [0.29, 0.717) is 11.3 Å². The normalized spacial score (nSPS) is 11.4. The van der Waals surface area contributed by atoms with Crippen molar-refractivity contribution in [2.75, 3.05) is 5.73 Å². The number of alkyl halides is 3. The summed E-state index contributed by atoms with van der Waals surface area (Å²) in [6, 6.07) is 6.48. The predicted molar refractivity (Wildman–Crippen MR) is 65.5 cm³/mol. The number of aromatic nitrogens is 1. The number of aryl methyl sites for hydroxylation is 1. The largest absolute Gasteiger partial charge is 0.573 e. The number of hydrogen-bond donors (Lipinski definition) is 1. The molecular weight excluding hydrogens is 257 g/mol. The minimum absolute atomic E-state index is 0.355. The smallest absolute Gasteiger partial charge is 0.404 e. The summed E-state index contributed by atoms with van der Waals surface area (Å²) >= 11 is 0. The summed E-state index contributed by atoms with van der Waals surface area (Å²) in [5.41, 5.74) is 8.33. The van der Waals surface area contributed by atoms with Gasteiger partial charge < -0.3 is 10.5 Å². The second-order valence-corrected chi connectivity index (χ2v) is 4.03. The Labute approximate surface area is 107 Å². The van der Waals surface area contributed by atoms with Crippen molar-refractivity contribution in [3.8, 4) is 16.9 Å². The summed E-state index contributed by atoms with van der Waals surface area (Å²) in [6.45, 7) is 1.84. The fourth-order valence-electron chi connectivity index (χ4n) is 1.71. The maximum atomic E-state index is 12.1. The average molecular weight is 268 g/mol. The van der Waals surface area contributed by atoms with E-state index in [-0.39, 0.29) is 5.75 Å². The van der Waals surface area contributed by atoms with E-state index >= 15 is 0 Å². The van der Waals surface area contributed by atoms with Crippen LogP contribution in [-0.4, -0.2) is 11.3 Å². The Bertz CT molecular complexity index is 597. The molecule has 0 aliphatic heterocycles. The number of hydrogen-bond acceptors (Lipinski definition) is 3. The molecule has 0 fully saturated rings. The molecule has 2 N–H and O–H groups in total. The van der Waals surface area contributed by atoms with E-state index < -0.39 is 6.36 Å². The molecule has 0 aliphatic rings. The zero-order chi connectivity index (χ0) is 14.0. The quantitative estimate of drug-likeness (QED) is 0.847. The van der Waals surface area contributed by atoms with E-state index in [2.05, 4.69) is 9.72 Å². The van der Waals surface area contributed by atoms with Crippen molar-refractivity contribution in [3.05, 3.63) is 42.2 Å². The summed E-state index contributed by atoms with van der Waals surface area (Å²) in [7, 11) is 0. The van der Waals surface area contributed by atoms with Gasteiger partial charge in [-0.05, 0) is 36.2 Å². The van der Waals surface area contributed by atoms with Crippen LogP contribution in [0.2, 0.25) is 0 Å². The summed E-state index contributed by atoms with van der Waals surface area (Å²) in [5, 5.41) is 0. The first kappa shape index (κ1) is 13.2. The summed E-state index contributed by atoms with van der Waals surface area (Å²) < 4.78 is 40.3. The van der Waals surface area contributed by atoms with E-state index in [1.807, 2.05) is 6.92 Å². The molecule has 1 heterocycles. The number of rotatable bonds is 2. The molecule has 1 aromatic carbocycles. The van der Waals surface area contributed by atoms with Crippen molar-refractivity contribution in [1.82, 2.24) is 4.98 Å². The zero-order valence-electron chi connectivity index (χ0n) is 10.0. The number of anilines is 1. The van der Waals surface area contributed by atoms with Crippen molar-refractivity contribution >= 4 is 5.69 Å². The average Bonchev–Trinajstić information content (AvgIpc) is 2.30. The Morgan fingerprint density at radius 2 is 1.89 bits per heavy atom. The maximum Gasteiger partial charge on any atom is 0.573 e. The highest BCUT2D eigenvalue weighted by atomic mass is 19.4. The lowest BCUT2D eigenvalue weighted by molar-refractivity contribution is -0.274. The minimum Gasteiger partial charge on any atom is -0.404 e. The summed E-state index contributed by atoms with van der Waals surface area (Å²) in [6.07, 6.45) is -2.26. The van der Waals surface area contributed by atoms with E-state index in [4.69, 9.17) is 5.73 Å². The zero-order valence-corrected chi connectivity index (χ0v) is 10.0. The van der Waals surface area contributed by atoms with Gasteiger partial charge in [0.15, 0.2) is 0 Å². The topological polar surface area (TPSA) is 48.1 Å². The molecule has 0 amide bonds. The van der Waals surface area contributed by atoms with Crippen LogP contribution >= 0.6 is 0 Å². The summed E-state index contributed by atoms with van der Waals surface area (Å²) in [5.74, 6) is -0.355. The van der Waals surface area contributed by atoms with Gasteiger partial charge in [-0.2, -0.15) is 0 Å². The van der Waals surface area contributed by atoms with Gasteiger partial charge in [0, 0.05) is 17.4 Å². The Morgan fingerprint density at radius 1 is 1.16 bits per heavy atom. The van der Waals surface area contributed by atoms with Gasteiger partial charge in [0.05, 0.1) is 6.20 Å². The maximum absolute atomic E-state index is 12.1. The van der Waals surface area contributed by atoms with Gasteiger partial charge in [0.1, 0.15) is 5.75 Å². The molecule has 0 atom stereocenters. The van der Waals surface area contributed by atoms with Crippen LogP contribution in [0.5, 0.6) is 5.75 Å². The monoisotopic (exact) mass is 268 g/mol. The molecule has 100 valence electrons. The molecule has 2 aromatic rings. The fraction of sp³-hybridized carbons (Fsp3) is 0.154. The van der Waals surface area contributed by atoms with E-state index in [9.17, 15) is 13.2 Å². The van der Waals surface area contributed by atoms with Crippen molar-refractivity contribution in [2.45, 2.75) is 13.3 Å². The third kappa shape index (κ3) is 3.37. The lowest BCUT2D eigenvalue weighted by Gasteiger charge is -2.11. The van der Waals surface area contributed by atoms with Crippen molar-refractivity contribution in [1.29, 1.82) is 0 Å². The van der Waals surface area contributed by atoms with E-state index in [1.54, 1.807) is 18.2 Å². The first-order chi connectivity index (χ1) is 8.85. The fourth-order valence-corrected chi connectivity index (χ4v) is 1.71. The Kier molecular flexibility index (Phi) is 3.33. The first-order valence-electron chi connectivity index (χ1n) is 5.42. The SMILES string of the molecule is Cc1ccc(N)cc1-c1cncc(OC(F)(F)F)c1. The van der Waals surface area contributed by atoms with E-state index in [0.717, 1.165) is 17.3 Å². The second-order valence-electron chi connectivity index (χ2n) is 4.03.